The molecule has 25 heavy (non-hydrogen) atoms. The van der Waals surface area contributed by atoms with E-state index in [0.29, 0.717) is 6.54 Å². The summed E-state index contributed by atoms with van der Waals surface area (Å²) in [5.41, 5.74) is 3.21. The van der Waals surface area contributed by atoms with Gasteiger partial charge in [-0.3, -0.25) is 0 Å². The molecule has 5 nitrogen and oxygen atoms in total. The van der Waals surface area contributed by atoms with E-state index in [1.807, 2.05) is 42.5 Å². The van der Waals surface area contributed by atoms with Crippen LogP contribution in [0.15, 0.2) is 59.3 Å². The van der Waals surface area contributed by atoms with Crippen molar-refractivity contribution < 1.29 is 4.74 Å². The summed E-state index contributed by atoms with van der Waals surface area (Å²) in [6.07, 6.45) is 1.54. The van der Waals surface area contributed by atoms with Crippen molar-refractivity contribution in [2.75, 3.05) is 17.7 Å². The molecule has 3 aromatic rings. The van der Waals surface area contributed by atoms with Crippen LogP contribution in [-0.2, 0) is 6.54 Å². The number of hydrogen-bond donors (Lipinski definition) is 2. The van der Waals surface area contributed by atoms with Gasteiger partial charge in [0.1, 0.15) is 23.7 Å². The fraction of sp³-hybridized carbons (Fsp3) is 0.158. The van der Waals surface area contributed by atoms with E-state index in [4.69, 9.17) is 4.74 Å². The van der Waals surface area contributed by atoms with E-state index < -0.39 is 0 Å². The van der Waals surface area contributed by atoms with E-state index >= 15 is 0 Å². The lowest BCUT2D eigenvalue weighted by molar-refractivity contribution is 0.410. The van der Waals surface area contributed by atoms with Crippen LogP contribution in [0.25, 0.3) is 0 Å². The maximum atomic E-state index is 5.37. The summed E-state index contributed by atoms with van der Waals surface area (Å²) in [5, 5.41) is 6.60. The van der Waals surface area contributed by atoms with E-state index in [0.717, 1.165) is 38.7 Å². The van der Waals surface area contributed by atoms with E-state index in [2.05, 4.69) is 49.5 Å². The van der Waals surface area contributed by atoms with Crippen LogP contribution in [-0.4, -0.2) is 17.1 Å². The number of benzene rings is 2. The van der Waals surface area contributed by atoms with E-state index in [-0.39, 0.29) is 0 Å². The summed E-state index contributed by atoms with van der Waals surface area (Å²) in [7, 11) is 1.67. The monoisotopic (exact) mass is 398 g/mol. The predicted octanol–water partition coefficient (Wildman–Crippen LogP) is 4.91. The molecule has 0 aliphatic rings. The van der Waals surface area contributed by atoms with Gasteiger partial charge in [0, 0.05) is 28.3 Å². The Bertz CT molecular complexity index is 870. The van der Waals surface area contributed by atoms with Gasteiger partial charge in [-0.1, -0.05) is 34.1 Å². The summed E-state index contributed by atoms with van der Waals surface area (Å²) < 4.78 is 6.45. The molecule has 0 aliphatic heterocycles. The zero-order chi connectivity index (χ0) is 17.6. The van der Waals surface area contributed by atoms with E-state index in [9.17, 15) is 0 Å². The predicted molar refractivity (Wildman–Crippen MR) is 105 cm³/mol. The normalized spacial score (nSPS) is 10.4. The van der Waals surface area contributed by atoms with Crippen molar-refractivity contribution in [2.45, 2.75) is 13.5 Å². The van der Waals surface area contributed by atoms with Gasteiger partial charge in [-0.05, 0) is 36.8 Å². The van der Waals surface area contributed by atoms with Crippen LogP contribution in [0, 0.1) is 6.92 Å². The first-order chi connectivity index (χ1) is 12.2. The summed E-state index contributed by atoms with van der Waals surface area (Å²) in [4.78, 5) is 8.55. The Kier molecular flexibility index (Phi) is 5.50. The van der Waals surface area contributed by atoms with Gasteiger partial charge in [-0.15, -0.1) is 0 Å². The average Bonchev–Trinajstić information content (AvgIpc) is 2.63. The molecule has 0 aliphatic carbocycles. The van der Waals surface area contributed by atoms with Gasteiger partial charge in [-0.2, -0.15) is 0 Å². The second-order valence-electron chi connectivity index (χ2n) is 5.54. The number of para-hydroxylation sites is 1. The second kappa shape index (κ2) is 7.98. The van der Waals surface area contributed by atoms with Gasteiger partial charge in [0.2, 0.25) is 0 Å². The zero-order valence-corrected chi connectivity index (χ0v) is 15.7. The molecule has 1 aromatic heterocycles. The van der Waals surface area contributed by atoms with Crippen molar-refractivity contribution in [3.8, 4) is 5.75 Å². The molecular weight excluding hydrogens is 380 g/mol. The topological polar surface area (TPSA) is 59.1 Å². The Labute approximate surface area is 155 Å². The summed E-state index contributed by atoms with van der Waals surface area (Å²) in [5.74, 6) is 2.34. The fourth-order valence-electron chi connectivity index (χ4n) is 2.43. The van der Waals surface area contributed by atoms with Crippen molar-refractivity contribution in [3.63, 3.8) is 0 Å². The first kappa shape index (κ1) is 17.2. The smallest absolute Gasteiger partial charge is 0.135 e. The number of methoxy groups -OCH3 is 1. The minimum absolute atomic E-state index is 0.623. The average molecular weight is 399 g/mol. The van der Waals surface area contributed by atoms with Gasteiger partial charge in [0.25, 0.3) is 0 Å². The maximum Gasteiger partial charge on any atom is 0.135 e. The fourth-order valence-corrected chi connectivity index (χ4v) is 2.67. The Hall–Kier alpha value is -2.60. The van der Waals surface area contributed by atoms with Crippen molar-refractivity contribution >= 4 is 33.3 Å². The highest BCUT2D eigenvalue weighted by Crippen LogP contribution is 2.23. The minimum Gasteiger partial charge on any atom is -0.496 e. The van der Waals surface area contributed by atoms with Crippen LogP contribution in [0.1, 0.15) is 11.1 Å². The highest BCUT2D eigenvalue weighted by atomic mass is 79.9. The molecule has 0 atom stereocenters. The molecule has 0 unspecified atom stereocenters. The quantitative estimate of drug-likeness (QED) is 0.617. The molecule has 2 N–H and O–H groups in total. The molecule has 6 heteroatoms. The lowest BCUT2D eigenvalue weighted by Crippen LogP contribution is -2.04. The lowest BCUT2D eigenvalue weighted by atomic mass is 10.2. The highest BCUT2D eigenvalue weighted by Gasteiger charge is 2.04. The molecule has 0 fully saturated rings. The molecule has 0 radical (unpaired) electrons. The first-order valence-electron chi connectivity index (χ1n) is 7.86. The molecule has 128 valence electrons. The third-order valence-electron chi connectivity index (χ3n) is 3.75. The Balaban J connectivity index is 1.70. The van der Waals surface area contributed by atoms with Crippen LogP contribution in [0.2, 0.25) is 0 Å². The summed E-state index contributed by atoms with van der Waals surface area (Å²) in [6, 6.07) is 15.9. The number of anilines is 3. The largest absolute Gasteiger partial charge is 0.496 e. The first-order valence-corrected chi connectivity index (χ1v) is 8.66. The van der Waals surface area contributed by atoms with Crippen molar-refractivity contribution in [1.82, 2.24) is 9.97 Å². The van der Waals surface area contributed by atoms with Gasteiger partial charge in [0.15, 0.2) is 0 Å². The lowest BCUT2D eigenvalue weighted by Gasteiger charge is -2.11. The standard InChI is InChI=1S/C19H19BrN4O/c1-13-9-15(7-8-16(13)20)24-19-10-18(22-12-23-19)21-11-14-5-3-4-6-17(14)25-2/h3-10,12H,11H2,1-2H3,(H2,21,22,23,24). The number of nitrogens with zero attached hydrogens (tertiary/aromatic N) is 2. The van der Waals surface area contributed by atoms with Crippen molar-refractivity contribution in [1.29, 1.82) is 0 Å². The highest BCUT2D eigenvalue weighted by molar-refractivity contribution is 9.10. The number of hydrogen-bond acceptors (Lipinski definition) is 5. The van der Waals surface area contributed by atoms with E-state index in [1.165, 1.54) is 0 Å². The SMILES string of the molecule is COc1ccccc1CNc1cc(Nc2ccc(Br)c(C)c2)ncn1. The van der Waals surface area contributed by atoms with E-state index in [1.54, 1.807) is 13.4 Å². The third-order valence-corrected chi connectivity index (χ3v) is 4.64. The molecule has 0 bridgehead atoms. The number of ether oxygens (including phenoxy) is 1. The third kappa shape index (κ3) is 4.48. The molecule has 0 spiro atoms. The number of aromatic nitrogens is 2. The van der Waals surface area contributed by atoms with Crippen molar-refractivity contribution in [2.24, 2.45) is 0 Å². The summed E-state index contributed by atoms with van der Waals surface area (Å²) in [6.45, 7) is 2.67. The van der Waals surface area contributed by atoms with Gasteiger partial charge in [-0.25, -0.2) is 9.97 Å². The van der Waals surface area contributed by atoms with Crippen LogP contribution >= 0.6 is 15.9 Å². The minimum atomic E-state index is 0.623. The molecule has 2 aromatic carbocycles. The molecule has 0 amide bonds. The molecular formula is C19H19BrN4O. The molecule has 0 saturated carbocycles. The summed E-state index contributed by atoms with van der Waals surface area (Å²) >= 11 is 3.51. The van der Waals surface area contributed by atoms with Gasteiger partial charge >= 0.3 is 0 Å². The zero-order valence-electron chi connectivity index (χ0n) is 14.1. The van der Waals surface area contributed by atoms with Crippen LogP contribution in [0.5, 0.6) is 5.75 Å². The Morgan fingerprint density at radius 3 is 2.64 bits per heavy atom. The van der Waals surface area contributed by atoms with Gasteiger partial charge in [0.05, 0.1) is 7.11 Å². The Morgan fingerprint density at radius 2 is 1.84 bits per heavy atom. The number of nitrogens with one attached hydrogen (secondary N) is 2. The molecule has 3 rings (SSSR count). The molecule has 0 saturated heterocycles. The van der Waals surface area contributed by atoms with Crippen molar-refractivity contribution in [3.05, 3.63) is 70.5 Å². The van der Waals surface area contributed by atoms with Crippen LogP contribution in [0.3, 0.4) is 0 Å². The maximum absolute atomic E-state index is 5.37. The second-order valence-corrected chi connectivity index (χ2v) is 6.40. The van der Waals surface area contributed by atoms with Crippen LogP contribution < -0.4 is 15.4 Å². The Morgan fingerprint density at radius 1 is 1.04 bits per heavy atom. The van der Waals surface area contributed by atoms with Crippen LogP contribution in [0.4, 0.5) is 17.3 Å². The number of halogens is 1. The van der Waals surface area contributed by atoms with Gasteiger partial charge < -0.3 is 15.4 Å². The number of rotatable bonds is 6. The number of aryl methyl sites for hydroxylation is 1. The molecule has 1 heterocycles.